The van der Waals surface area contributed by atoms with Crippen LogP contribution in [0.15, 0.2) is 24.3 Å². The summed E-state index contributed by atoms with van der Waals surface area (Å²) in [4.78, 5) is 13.9. The molecule has 0 aliphatic rings. The zero-order valence-electron chi connectivity index (χ0n) is 11.1. The van der Waals surface area contributed by atoms with Crippen molar-refractivity contribution in [2.45, 2.75) is 31.8 Å². The molecule has 0 bridgehead atoms. The minimum Gasteiger partial charge on any atom is -0.342 e. The maximum atomic E-state index is 12.1. The van der Waals surface area contributed by atoms with Crippen LogP contribution < -0.4 is 0 Å². The summed E-state index contributed by atoms with van der Waals surface area (Å²) < 4.78 is 0. The minimum atomic E-state index is -0.0103. The summed E-state index contributed by atoms with van der Waals surface area (Å²) in [6.07, 6.45) is 0. The number of thioether (sulfide) groups is 1. The molecule has 1 amide bonds. The van der Waals surface area contributed by atoms with Crippen molar-refractivity contribution in [1.82, 2.24) is 4.90 Å². The van der Waals surface area contributed by atoms with Gasteiger partial charge in [-0.2, -0.15) is 0 Å². The van der Waals surface area contributed by atoms with E-state index in [1.54, 1.807) is 11.8 Å². The number of benzene rings is 1. The van der Waals surface area contributed by atoms with Gasteiger partial charge >= 0.3 is 0 Å². The second-order valence-electron chi connectivity index (χ2n) is 4.09. The number of hydrogen-bond donors (Lipinski definition) is 0. The Labute approximate surface area is 119 Å². The molecule has 1 aromatic rings. The van der Waals surface area contributed by atoms with Gasteiger partial charge in [0.2, 0.25) is 5.91 Å². The van der Waals surface area contributed by atoms with Crippen molar-refractivity contribution in [3.8, 4) is 0 Å². The van der Waals surface area contributed by atoms with Gasteiger partial charge in [-0.15, -0.1) is 11.8 Å². The van der Waals surface area contributed by atoms with Gasteiger partial charge in [0, 0.05) is 23.9 Å². The molecule has 0 radical (unpaired) electrons. The molecule has 0 N–H and O–H groups in total. The van der Waals surface area contributed by atoms with Gasteiger partial charge in [0.25, 0.3) is 0 Å². The second kappa shape index (κ2) is 7.70. The highest BCUT2D eigenvalue weighted by molar-refractivity contribution is 7.99. The lowest BCUT2D eigenvalue weighted by Crippen LogP contribution is -2.36. The molecule has 0 saturated heterocycles. The molecule has 18 heavy (non-hydrogen) atoms. The normalized spacial score (nSPS) is 12.2. The molecule has 0 aromatic heterocycles. The van der Waals surface area contributed by atoms with E-state index in [4.69, 9.17) is 11.6 Å². The van der Waals surface area contributed by atoms with Gasteiger partial charge in [-0.05, 0) is 38.5 Å². The van der Waals surface area contributed by atoms with E-state index >= 15 is 0 Å². The van der Waals surface area contributed by atoms with E-state index in [-0.39, 0.29) is 11.2 Å². The topological polar surface area (TPSA) is 20.3 Å². The van der Waals surface area contributed by atoms with Crippen LogP contribution in [0.2, 0.25) is 5.02 Å². The Morgan fingerprint density at radius 3 is 2.61 bits per heavy atom. The van der Waals surface area contributed by atoms with Gasteiger partial charge in [0.1, 0.15) is 0 Å². The fraction of sp³-hybridized carbons (Fsp3) is 0.500. The Morgan fingerprint density at radius 1 is 1.39 bits per heavy atom. The van der Waals surface area contributed by atoms with Crippen molar-refractivity contribution < 1.29 is 4.79 Å². The summed E-state index contributed by atoms with van der Waals surface area (Å²) in [6, 6.07) is 7.78. The van der Waals surface area contributed by atoms with Crippen LogP contribution >= 0.6 is 23.4 Å². The fourth-order valence-electron chi connectivity index (χ4n) is 1.71. The zero-order valence-corrected chi connectivity index (χ0v) is 12.7. The first-order chi connectivity index (χ1) is 8.58. The van der Waals surface area contributed by atoms with E-state index in [0.29, 0.717) is 0 Å². The number of carbonyl (C=O) groups excluding carboxylic acids is 1. The molecular formula is C14H20ClNOS. The average Bonchev–Trinajstić information content (AvgIpc) is 2.37. The maximum Gasteiger partial charge on any atom is 0.235 e. The Hall–Kier alpha value is -0.670. The van der Waals surface area contributed by atoms with Crippen LogP contribution in [-0.4, -0.2) is 29.1 Å². The average molecular weight is 286 g/mol. The molecule has 1 rings (SSSR count). The van der Waals surface area contributed by atoms with Gasteiger partial charge in [0.15, 0.2) is 0 Å². The molecule has 100 valence electrons. The van der Waals surface area contributed by atoms with Crippen molar-refractivity contribution in [1.29, 1.82) is 0 Å². The standard InChI is InChI=1S/C14H20ClNOS/c1-4-16(5-2)14(17)11(3)18-10-12-7-6-8-13(15)9-12/h6-9,11H,4-5,10H2,1-3H3. The zero-order chi connectivity index (χ0) is 13.5. The molecule has 0 aliphatic carbocycles. The van der Waals surface area contributed by atoms with Crippen molar-refractivity contribution in [3.05, 3.63) is 34.9 Å². The molecule has 1 atom stereocenters. The van der Waals surface area contributed by atoms with Crippen LogP contribution in [0, 0.1) is 0 Å². The summed E-state index contributed by atoms with van der Waals surface area (Å²) in [5.41, 5.74) is 1.16. The molecule has 0 spiro atoms. The van der Waals surface area contributed by atoms with Crippen LogP contribution in [0.1, 0.15) is 26.3 Å². The Kier molecular flexibility index (Phi) is 6.58. The highest BCUT2D eigenvalue weighted by atomic mass is 35.5. The first-order valence-electron chi connectivity index (χ1n) is 6.23. The lowest BCUT2D eigenvalue weighted by molar-refractivity contribution is -0.129. The summed E-state index contributed by atoms with van der Waals surface area (Å²) in [7, 11) is 0. The molecule has 0 aliphatic heterocycles. The largest absolute Gasteiger partial charge is 0.342 e. The molecule has 1 unspecified atom stereocenters. The molecule has 1 aromatic carbocycles. The van der Waals surface area contributed by atoms with Crippen molar-refractivity contribution >= 4 is 29.3 Å². The summed E-state index contributed by atoms with van der Waals surface area (Å²) in [5, 5.41) is 0.736. The van der Waals surface area contributed by atoms with E-state index in [1.807, 2.05) is 49.9 Å². The van der Waals surface area contributed by atoms with Gasteiger partial charge < -0.3 is 4.90 Å². The molecular weight excluding hydrogens is 266 g/mol. The van der Waals surface area contributed by atoms with Crippen molar-refractivity contribution in [2.75, 3.05) is 13.1 Å². The molecule has 4 heteroatoms. The van der Waals surface area contributed by atoms with Crippen LogP contribution in [0.25, 0.3) is 0 Å². The monoisotopic (exact) mass is 285 g/mol. The lowest BCUT2D eigenvalue weighted by atomic mass is 10.2. The smallest absolute Gasteiger partial charge is 0.235 e. The van der Waals surface area contributed by atoms with Crippen LogP contribution in [0.4, 0.5) is 0 Å². The van der Waals surface area contributed by atoms with Gasteiger partial charge in [-0.1, -0.05) is 23.7 Å². The predicted molar refractivity (Wildman–Crippen MR) is 80.1 cm³/mol. The summed E-state index contributed by atoms with van der Waals surface area (Å²) >= 11 is 7.59. The number of hydrogen-bond acceptors (Lipinski definition) is 2. The molecule has 0 fully saturated rings. The second-order valence-corrected chi connectivity index (χ2v) is 5.86. The van der Waals surface area contributed by atoms with E-state index in [2.05, 4.69) is 0 Å². The van der Waals surface area contributed by atoms with E-state index in [0.717, 1.165) is 29.4 Å². The molecule has 0 saturated carbocycles. The Morgan fingerprint density at radius 2 is 2.06 bits per heavy atom. The van der Waals surface area contributed by atoms with E-state index in [1.165, 1.54) is 0 Å². The quantitative estimate of drug-likeness (QED) is 0.792. The third kappa shape index (κ3) is 4.54. The number of rotatable bonds is 6. The first-order valence-corrected chi connectivity index (χ1v) is 7.66. The minimum absolute atomic E-state index is 0.0103. The molecule has 2 nitrogen and oxygen atoms in total. The van der Waals surface area contributed by atoms with E-state index in [9.17, 15) is 4.79 Å². The summed E-state index contributed by atoms with van der Waals surface area (Å²) in [5.74, 6) is 1.03. The van der Waals surface area contributed by atoms with Crippen molar-refractivity contribution in [3.63, 3.8) is 0 Å². The van der Waals surface area contributed by atoms with Crippen LogP contribution in [0.3, 0.4) is 0 Å². The highest BCUT2D eigenvalue weighted by Gasteiger charge is 2.18. The van der Waals surface area contributed by atoms with Crippen molar-refractivity contribution in [2.24, 2.45) is 0 Å². The number of amides is 1. The highest BCUT2D eigenvalue weighted by Crippen LogP contribution is 2.21. The summed E-state index contributed by atoms with van der Waals surface area (Å²) in [6.45, 7) is 7.54. The number of halogens is 1. The SMILES string of the molecule is CCN(CC)C(=O)C(C)SCc1cccc(Cl)c1. The number of nitrogens with zero attached hydrogens (tertiary/aromatic N) is 1. The third-order valence-electron chi connectivity index (χ3n) is 2.81. The number of carbonyl (C=O) groups is 1. The van der Waals surface area contributed by atoms with Gasteiger partial charge in [-0.25, -0.2) is 0 Å². The molecule has 0 heterocycles. The lowest BCUT2D eigenvalue weighted by Gasteiger charge is -2.22. The Bertz CT molecular complexity index is 393. The Balaban J connectivity index is 2.50. The third-order valence-corrected chi connectivity index (χ3v) is 4.25. The van der Waals surface area contributed by atoms with Gasteiger partial charge in [-0.3, -0.25) is 4.79 Å². The first kappa shape index (κ1) is 15.4. The maximum absolute atomic E-state index is 12.1. The van der Waals surface area contributed by atoms with Crippen LogP contribution in [-0.2, 0) is 10.5 Å². The predicted octanol–water partition coefficient (Wildman–Crippen LogP) is 3.83. The van der Waals surface area contributed by atoms with E-state index < -0.39 is 0 Å². The fourth-order valence-corrected chi connectivity index (χ4v) is 2.84. The van der Waals surface area contributed by atoms with Crippen LogP contribution in [0.5, 0.6) is 0 Å². The van der Waals surface area contributed by atoms with Gasteiger partial charge in [0.05, 0.1) is 5.25 Å².